The number of carbonyl (C=O) groups excluding carboxylic acids is 1. The van der Waals surface area contributed by atoms with Gasteiger partial charge in [-0.15, -0.1) is 0 Å². The third-order valence-electron chi connectivity index (χ3n) is 7.40. The van der Waals surface area contributed by atoms with E-state index < -0.39 is 11.6 Å². The standard InChI is InChI=1S/C30H30NO3/c32-29(30(33,26-14-6-2-7-15-26)27-16-8-3-9-17-27)34-28-23-31(21-18-25(28)19-22-31)20-10-13-24-11-4-1-5-12-24/h1-9,11-12,14-17,25,28,33H,18-23H2/q+1. The van der Waals surface area contributed by atoms with Crippen molar-refractivity contribution in [3.63, 3.8) is 0 Å². The van der Waals surface area contributed by atoms with Gasteiger partial charge in [-0.2, -0.15) is 0 Å². The van der Waals surface area contributed by atoms with Crippen LogP contribution in [-0.2, 0) is 15.1 Å². The summed E-state index contributed by atoms with van der Waals surface area (Å²) in [4.78, 5) is 13.6. The Morgan fingerprint density at radius 3 is 1.97 bits per heavy atom. The first-order valence-corrected chi connectivity index (χ1v) is 12.0. The summed E-state index contributed by atoms with van der Waals surface area (Å²) in [6.07, 6.45) is 1.81. The number of rotatable bonds is 5. The fourth-order valence-electron chi connectivity index (χ4n) is 5.39. The maximum Gasteiger partial charge on any atom is 0.348 e. The second-order valence-corrected chi connectivity index (χ2v) is 9.52. The molecule has 6 rings (SSSR count). The van der Waals surface area contributed by atoms with E-state index in [1.54, 1.807) is 24.3 Å². The van der Waals surface area contributed by atoms with E-state index in [0.717, 1.165) is 49.1 Å². The highest BCUT2D eigenvalue weighted by molar-refractivity contribution is 5.85. The van der Waals surface area contributed by atoms with Gasteiger partial charge in [0.2, 0.25) is 5.60 Å². The van der Waals surface area contributed by atoms with Crippen molar-refractivity contribution >= 4 is 5.97 Å². The van der Waals surface area contributed by atoms with E-state index in [2.05, 4.69) is 11.8 Å². The first kappa shape index (κ1) is 22.4. The van der Waals surface area contributed by atoms with E-state index >= 15 is 0 Å². The van der Waals surface area contributed by atoms with Gasteiger partial charge < -0.3 is 14.3 Å². The summed E-state index contributed by atoms with van der Waals surface area (Å²) >= 11 is 0. The lowest BCUT2D eigenvalue weighted by Crippen LogP contribution is -2.65. The molecule has 1 unspecified atom stereocenters. The van der Waals surface area contributed by atoms with E-state index in [-0.39, 0.29) is 6.10 Å². The molecule has 3 aliphatic rings. The summed E-state index contributed by atoms with van der Waals surface area (Å²) < 4.78 is 6.99. The van der Waals surface area contributed by atoms with Crippen molar-refractivity contribution in [1.29, 1.82) is 0 Å². The molecule has 0 aromatic heterocycles. The van der Waals surface area contributed by atoms with E-state index in [1.807, 2.05) is 66.7 Å². The summed E-state index contributed by atoms with van der Waals surface area (Å²) in [6, 6.07) is 28.2. The number of carbonyl (C=O) groups is 1. The van der Waals surface area contributed by atoms with Gasteiger partial charge in [0.1, 0.15) is 13.1 Å². The molecule has 3 heterocycles. The van der Waals surface area contributed by atoms with Crippen LogP contribution in [0.15, 0.2) is 91.0 Å². The lowest BCUT2D eigenvalue weighted by atomic mass is 9.82. The summed E-state index contributed by atoms with van der Waals surface area (Å²) in [5.74, 6) is 6.39. The Kier molecular flexibility index (Phi) is 6.24. The van der Waals surface area contributed by atoms with Gasteiger partial charge in [-0.05, 0) is 29.2 Å². The molecule has 3 aromatic rings. The van der Waals surface area contributed by atoms with Crippen LogP contribution in [0.1, 0.15) is 29.5 Å². The lowest BCUT2D eigenvalue weighted by molar-refractivity contribution is -0.939. The molecular formula is C30H30NO3+. The van der Waals surface area contributed by atoms with Crippen molar-refractivity contribution in [3.05, 3.63) is 108 Å². The highest BCUT2D eigenvalue weighted by atomic mass is 16.6. The second-order valence-electron chi connectivity index (χ2n) is 9.52. The van der Waals surface area contributed by atoms with Crippen molar-refractivity contribution in [2.45, 2.75) is 24.5 Å². The largest absolute Gasteiger partial charge is 0.453 e. The van der Waals surface area contributed by atoms with E-state index in [9.17, 15) is 9.90 Å². The molecule has 2 bridgehead atoms. The van der Waals surface area contributed by atoms with E-state index in [1.165, 1.54) is 0 Å². The van der Waals surface area contributed by atoms with Crippen molar-refractivity contribution in [3.8, 4) is 11.8 Å². The first-order valence-electron chi connectivity index (χ1n) is 12.0. The number of nitrogens with zero attached hydrogens (tertiary/aromatic N) is 1. The molecule has 3 aliphatic heterocycles. The monoisotopic (exact) mass is 452 g/mol. The molecule has 3 fully saturated rings. The number of hydrogen-bond acceptors (Lipinski definition) is 3. The van der Waals surface area contributed by atoms with Crippen LogP contribution in [0.2, 0.25) is 0 Å². The molecule has 0 amide bonds. The molecule has 4 heteroatoms. The quantitative estimate of drug-likeness (QED) is 0.360. The predicted octanol–water partition coefficient (Wildman–Crippen LogP) is 4.13. The second kappa shape index (κ2) is 9.46. The molecule has 3 saturated heterocycles. The fraction of sp³-hybridized carbons (Fsp3) is 0.300. The number of ether oxygens (including phenoxy) is 1. The van der Waals surface area contributed by atoms with Gasteiger partial charge in [0.25, 0.3) is 0 Å². The number of benzene rings is 3. The van der Waals surface area contributed by atoms with Gasteiger partial charge in [-0.3, -0.25) is 0 Å². The van der Waals surface area contributed by atoms with Crippen LogP contribution >= 0.6 is 0 Å². The zero-order valence-electron chi connectivity index (χ0n) is 19.3. The van der Waals surface area contributed by atoms with E-state index in [4.69, 9.17) is 4.74 Å². The highest BCUT2D eigenvalue weighted by Crippen LogP contribution is 2.38. The van der Waals surface area contributed by atoms with Crippen LogP contribution in [0.25, 0.3) is 0 Å². The summed E-state index contributed by atoms with van der Waals surface area (Å²) in [5, 5.41) is 11.8. The molecule has 1 atom stereocenters. The highest BCUT2D eigenvalue weighted by Gasteiger charge is 2.50. The van der Waals surface area contributed by atoms with Crippen molar-refractivity contribution in [2.75, 3.05) is 26.2 Å². The Hall–Kier alpha value is -3.39. The Balaban J connectivity index is 1.36. The molecule has 1 N–H and O–H groups in total. The van der Waals surface area contributed by atoms with Crippen molar-refractivity contribution in [1.82, 2.24) is 0 Å². The Morgan fingerprint density at radius 1 is 0.882 bits per heavy atom. The molecule has 34 heavy (non-hydrogen) atoms. The summed E-state index contributed by atoms with van der Waals surface area (Å²) in [7, 11) is 0. The minimum atomic E-state index is -1.84. The van der Waals surface area contributed by atoms with Crippen LogP contribution < -0.4 is 0 Å². The van der Waals surface area contributed by atoms with Crippen LogP contribution in [0.4, 0.5) is 0 Å². The van der Waals surface area contributed by atoms with Gasteiger partial charge in [0.15, 0.2) is 6.10 Å². The predicted molar refractivity (Wildman–Crippen MR) is 132 cm³/mol. The number of piperidine rings is 3. The maximum absolute atomic E-state index is 13.6. The number of hydrogen-bond donors (Lipinski definition) is 1. The normalized spacial score (nSPS) is 23.6. The SMILES string of the molecule is O=C(OC1C[N+]2(CC#Cc3ccccc3)CCC1CC2)C(O)(c1ccccc1)c1ccccc1. The number of aliphatic hydroxyl groups is 1. The smallest absolute Gasteiger partial charge is 0.348 e. The van der Waals surface area contributed by atoms with Crippen molar-refractivity contribution in [2.24, 2.45) is 5.92 Å². The minimum Gasteiger partial charge on any atom is -0.453 e. The molecule has 0 aliphatic carbocycles. The molecule has 172 valence electrons. The summed E-state index contributed by atoms with van der Waals surface area (Å²) in [6.45, 7) is 3.62. The average Bonchev–Trinajstić information content (AvgIpc) is 2.90. The topological polar surface area (TPSA) is 46.5 Å². The van der Waals surface area contributed by atoms with Gasteiger partial charge in [0, 0.05) is 24.3 Å². The number of fused-ring (bicyclic) bond motifs is 3. The van der Waals surface area contributed by atoms with Gasteiger partial charge >= 0.3 is 5.97 Å². The summed E-state index contributed by atoms with van der Waals surface area (Å²) in [5.41, 5.74) is 0.216. The molecular weight excluding hydrogens is 422 g/mol. The minimum absolute atomic E-state index is 0.215. The first-order chi connectivity index (χ1) is 16.6. The zero-order chi connectivity index (χ0) is 23.4. The number of quaternary nitrogens is 1. The average molecular weight is 453 g/mol. The van der Waals surface area contributed by atoms with E-state index in [0.29, 0.717) is 17.0 Å². The molecule has 3 aromatic carbocycles. The van der Waals surface area contributed by atoms with Crippen LogP contribution in [0.5, 0.6) is 0 Å². The van der Waals surface area contributed by atoms with Crippen LogP contribution in [0, 0.1) is 17.8 Å². The van der Waals surface area contributed by atoms with Crippen LogP contribution in [0.3, 0.4) is 0 Å². The Bertz CT molecular complexity index is 1130. The molecule has 0 radical (unpaired) electrons. The third-order valence-corrected chi connectivity index (χ3v) is 7.40. The van der Waals surface area contributed by atoms with Crippen LogP contribution in [-0.4, -0.2) is 47.8 Å². The lowest BCUT2D eigenvalue weighted by Gasteiger charge is -2.51. The Morgan fingerprint density at radius 2 is 1.41 bits per heavy atom. The van der Waals surface area contributed by atoms with Gasteiger partial charge in [0.05, 0.1) is 13.1 Å². The molecule has 4 nitrogen and oxygen atoms in total. The Labute approximate surface area is 201 Å². The molecule has 0 saturated carbocycles. The van der Waals surface area contributed by atoms with Gasteiger partial charge in [-0.25, -0.2) is 4.79 Å². The number of esters is 1. The third kappa shape index (κ3) is 4.37. The molecule has 0 spiro atoms. The fourth-order valence-corrected chi connectivity index (χ4v) is 5.39. The van der Waals surface area contributed by atoms with Crippen molar-refractivity contribution < 1.29 is 19.1 Å². The maximum atomic E-state index is 13.6. The van der Waals surface area contributed by atoms with Gasteiger partial charge in [-0.1, -0.05) is 84.8 Å². The zero-order valence-corrected chi connectivity index (χ0v) is 19.3.